The average Bonchev–Trinajstić information content (AvgIpc) is 3.13. The van der Waals surface area contributed by atoms with Gasteiger partial charge in [-0.25, -0.2) is 0 Å². The lowest BCUT2D eigenvalue weighted by Crippen LogP contribution is -2.27. The molecule has 0 saturated heterocycles. The molecule has 0 bridgehead atoms. The van der Waals surface area contributed by atoms with Crippen LogP contribution in [-0.2, 0) is 4.79 Å². The molecule has 1 amide bonds. The van der Waals surface area contributed by atoms with E-state index in [0.717, 1.165) is 24.2 Å². The van der Waals surface area contributed by atoms with E-state index in [2.05, 4.69) is 21.6 Å². The molecular formula is C14H21N3O. The summed E-state index contributed by atoms with van der Waals surface area (Å²) in [4.78, 5) is 13.6. The number of hydrogen-bond acceptors (Lipinski definition) is 3. The zero-order valence-corrected chi connectivity index (χ0v) is 11.1. The fourth-order valence-corrected chi connectivity index (χ4v) is 1.85. The number of nitrogens with zero attached hydrogens (tertiary/aromatic N) is 1. The molecule has 1 aliphatic rings. The SMILES string of the molecule is CN(C)c1ccccc1NCCC(=O)NC1CC1. The Bertz CT molecular complexity index is 413. The number of benzene rings is 1. The second-order valence-corrected chi connectivity index (χ2v) is 4.93. The molecule has 2 N–H and O–H groups in total. The van der Waals surface area contributed by atoms with Crippen molar-refractivity contribution in [3.05, 3.63) is 24.3 Å². The van der Waals surface area contributed by atoms with E-state index in [9.17, 15) is 4.79 Å². The standard InChI is InChI=1S/C14H21N3O/c1-17(2)13-6-4-3-5-12(13)15-10-9-14(18)16-11-7-8-11/h3-6,11,15H,7-10H2,1-2H3,(H,16,18). The minimum atomic E-state index is 0.146. The van der Waals surface area contributed by atoms with E-state index in [4.69, 9.17) is 0 Å². The van der Waals surface area contributed by atoms with Crippen LogP contribution in [0.5, 0.6) is 0 Å². The molecule has 0 radical (unpaired) electrons. The van der Waals surface area contributed by atoms with Crippen LogP contribution in [-0.4, -0.2) is 32.6 Å². The van der Waals surface area contributed by atoms with Gasteiger partial charge in [0.15, 0.2) is 0 Å². The molecule has 1 aromatic carbocycles. The zero-order valence-electron chi connectivity index (χ0n) is 11.1. The summed E-state index contributed by atoms with van der Waals surface area (Å²) in [6.07, 6.45) is 2.81. The maximum atomic E-state index is 11.5. The van der Waals surface area contributed by atoms with Gasteiger partial charge in [0, 0.05) is 33.1 Å². The first-order valence-corrected chi connectivity index (χ1v) is 6.46. The molecule has 1 aromatic rings. The molecule has 18 heavy (non-hydrogen) atoms. The van der Waals surface area contributed by atoms with Crippen molar-refractivity contribution in [2.24, 2.45) is 0 Å². The maximum Gasteiger partial charge on any atom is 0.221 e. The van der Waals surface area contributed by atoms with Crippen molar-refractivity contribution >= 4 is 17.3 Å². The van der Waals surface area contributed by atoms with Crippen LogP contribution in [0.25, 0.3) is 0 Å². The second kappa shape index (κ2) is 5.76. The van der Waals surface area contributed by atoms with E-state index in [1.165, 1.54) is 0 Å². The number of carbonyl (C=O) groups is 1. The molecule has 0 atom stereocenters. The largest absolute Gasteiger partial charge is 0.383 e. The zero-order chi connectivity index (χ0) is 13.0. The highest BCUT2D eigenvalue weighted by Crippen LogP contribution is 2.23. The van der Waals surface area contributed by atoms with Gasteiger partial charge < -0.3 is 15.5 Å². The Hall–Kier alpha value is -1.71. The number of hydrogen-bond donors (Lipinski definition) is 2. The van der Waals surface area contributed by atoms with Crippen molar-refractivity contribution in [3.63, 3.8) is 0 Å². The fraction of sp³-hybridized carbons (Fsp3) is 0.500. The van der Waals surface area contributed by atoms with Crippen molar-refractivity contribution < 1.29 is 4.79 Å². The fourth-order valence-electron chi connectivity index (χ4n) is 1.85. The van der Waals surface area contributed by atoms with Crippen molar-refractivity contribution in [2.45, 2.75) is 25.3 Å². The number of nitrogens with one attached hydrogen (secondary N) is 2. The monoisotopic (exact) mass is 247 g/mol. The van der Waals surface area contributed by atoms with Gasteiger partial charge in [-0.05, 0) is 25.0 Å². The summed E-state index contributed by atoms with van der Waals surface area (Å²) in [6, 6.07) is 8.56. The highest BCUT2D eigenvalue weighted by molar-refractivity contribution is 5.77. The number of amides is 1. The topological polar surface area (TPSA) is 44.4 Å². The van der Waals surface area contributed by atoms with Crippen molar-refractivity contribution in [2.75, 3.05) is 30.9 Å². The van der Waals surface area contributed by atoms with Crippen LogP contribution < -0.4 is 15.5 Å². The lowest BCUT2D eigenvalue weighted by molar-refractivity contribution is -0.120. The van der Waals surface area contributed by atoms with Gasteiger partial charge in [-0.1, -0.05) is 12.1 Å². The lowest BCUT2D eigenvalue weighted by atomic mass is 10.2. The molecular weight excluding hydrogens is 226 g/mol. The number of anilines is 2. The average molecular weight is 247 g/mol. The highest BCUT2D eigenvalue weighted by Gasteiger charge is 2.22. The maximum absolute atomic E-state index is 11.5. The normalized spacial score (nSPS) is 14.1. The summed E-state index contributed by atoms with van der Waals surface area (Å²) >= 11 is 0. The predicted octanol–water partition coefficient (Wildman–Crippen LogP) is 1.83. The summed E-state index contributed by atoms with van der Waals surface area (Å²) < 4.78 is 0. The third kappa shape index (κ3) is 3.65. The first kappa shape index (κ1) is 12.7. The molecule has 1 aliphatic carbocycles. The van der Waals surface area contributed by atoms with Gasteiger partial charge in [0.05, 0.1) is 11.4 Å². The summed E-state index contributed by atoms with van der Waals surface area (Å²) in [7, 11) is 4.03. The molecule has 1 fully saturated rings. The first-order valence-electron chi connectivity index (χ1n) is 6.46. The van der Waals surface area contributed by atoms with E-state index in [-0.39, 0.29) is 5.91 Å². The Morgan fingerprint density at radius 2 is 2.06 bits per heavy atom. The number of para-hydroxylation sites is 2. The van der Waals surface area contributed by atoms with E-state index in [1.807, 2.05) is 32.3 Å². The summed E-state index contributed by atoms with van der Waals surface area (Å²) in [5.41, 5.74) is 2.21. The van der Waals surface area contributed by atoms with E-state index in [0.29, 0.717) is 19.0 Å². The van der Waals surface area contributed by atoms with Gasteiger partial charge in [0.25, 0.3) is 0 Å². The summed E-state index contributed by atoms with van der Waals surface area (Å²) in [5, 5.41) is 6.30. The number of rotatable bonds is 6. The quantitative estimate of drug-likeness (QED) is 0.806. The Morgan fingerprint density at radius 3 is 2.72 bits per heavy atom. The minimum Gasteiger partial charge on any atom is -0.383 e. The van der Waals surface area contributed by atoms with Crippen LogP contribution in [0.4, 0.5) is 11.4 Å². The number of carbonyl (C=O) groups excluding carboxylic acids is 1. The molecule has 98 valence electrons. The van der Waals surface area contributed by atoms with Crippen LogP contribution >= 0.6 is 0 Å². The van der Waals surface area contributed by atoms with Gasteiger partial charge in [-0.15, -0.1) is 0 Å². The van der Waals surface area contributed by atoms with Crippen LogP contribution in [0.3, 0.4) is 0 Å². The van der Waals surface area contributed by atoms with Gasteiger partial charge in [0.2, 0.25) is 5.91 Å². The van der Waals surface area contributed by atoms with Gasteiger partial charge in [-0.2, -0.15) is 0 Å². The Morgan fingerprint density at radius 1 is 1.33 bits per heavy atom. The molecule has 2 rings (SSSR count). The molecule has 0 unspecified atom stereocenters. The molecule has 4 nitrogen and oxygen atoms in total. The Kier molecular flexibility index (Phi) is 4.07. The van der Waals surface area contributed by atoms with Crippen molar-refractivity contribution in [1.82, 2.24) is 5.32 Å². The molecule has 0 heterocycles. The van der Waals surface area contributed by atoms with E-state index < -0.39 is 0 Å². The third-order valence-electron chi connectivity index (χ3n) is 3.00. The van der Waals surface area contributed by atoms with Gasteiger partial charge in [-0.3, -0.25) is 4.79 Å². The van der Waals surface area contributed by atoms with Gasteiger partial charge in [0.1, 0.15) is 0 Å². The van der Waals surface area contributed by atoms with Crippen LogP contribution in [0.1, 0.15) is 19.3 Å². The minimum absolute atomic E-state index is 0.146. The Balaban J connectivity index is 1.80. The second-order valence-electron chi connectivity index (χ2n) is 4.93. The molecule has 0 aromatic heterocycles. The summed E-state index contributed by atoms with van der Waals surface area (Å²) in [5.74, 6) is 0.146. The Labute approximate surface area is 108 Å². The van der Waals surface area contributed by atoms with Crippen LogP contribution in [0.2, 0.25) is 0 Å². The molecule has 0 aliphatic heterocycles. The molecule has 4 heteroatoms. The summed E-state index contributed by atoms with van der Waals surface area (Å²) in [6.45, 7) is 0.670. The van der Waals surface area contributed by atoms with Gasteiger partial charge >= 0.3 is 0 Å². The predicted molar refractivity (Wildman–Crippen MR) is 75.0 cm³/mol. The van der Waals surface area contributed by atoms with E-state index >= 15 is 0 Å². The molecule has 1 saturated carbocycles. The smallest absolute Gasteiger partial charge is 0.221 e. The highest BCUT2D eigenvalue weighted by atomic mass is 16.1. The lowest BCUT2D eigenvalue weighted by Gasteiger charge is -2.18. The van der Waals surface area contributed by atoms with Crippen LogP contribution in [0, 0.1) is 0 Å². The van der Waals surface area contributed by atoms with Crippen molar-refractivity contribution in [3.8, 4) is 0 Å². The van der Waals surface area contributed by atoms with Crippen molar-refractivity contribution in [1.29, 1.82) is 0 Å². The third-order valence-corrected chi connectivity index (χ3v) is 3.00. The van der Waals surface area contributed by atoms with E-state index in [1.54, 1.807) is 0 Å². The first-order chi connectivity index (χ1) is 8.66. The van der Waals surface area contributed by atoms with Crippen LogP contribution in [0.15, 0.2) is 24.3 Å². The molecule has 0 spiro atoms.